The minimum absolute atomic E-state index is 0.0824. The molecule has 0 saturated carbocycles. The van der Waals surface area contributed by atoms with Gasteiger partial charge in [0.15, 0.2) is 11.6 Å². The maximum absolute atomic E-state index is 12.6. The Balaban J connectivity index is 1.42. The van der Waals surface area contributed by atoms with Crippen molar-refractivity contribution in [1.82, 2.24) is 24.4 Å². The van der Waals surface area contributed by atoms with E-state index in [1.54, 1.807) is 23.5 Å². The number of thiophene rings is 1. The van der Waals surface area contributed by atoms with Crippen LogP contribution in [0.3, 0.4) is 0 Å². The minimum Gasteiger partial charge on any atom is -0.492 e. The van der Waals surface area contributed by atoms with E-state index in [-0.39, 0.29) is 17.8 Å². The largest absolute Gasteiger partial charge is 0.492 e. The molecule has 0 bridgehead atoms. The average Bonchev–Trinajstić information content (AvgIpc) is 3.56. The first-order valence-electron chi connectivity index (χ1n) is 9.83. The van der Waals surface area contributed by atoms with Crippen molar-refractivity contribution < 1.29 is 14.3 Å². The number of thiazole rings is 1. The molecule has 1 aliphatic heterocycles. The molecule has 1 saturated heterocycles. The number of aromatic hydroxyl groups is 1. The summed E-state index contributed by atoms with van der Waals surface area (Å²) in [5.41, 5.74) is 0. The second-order valence-electron chi connectivity index (χ2n) is 7.09. The van der Waals surface area contributed by atoms with Crippen molar-refractivity contribution >= 4 is 33.5 Å². The van der Waals surface area contributed by atoms with E-state index in [0.29, 0.717) is 36.9 Å². The number of furan rings is 1. The molecular weight excluding hydrogens is 422 g/mol. The normalized spacial score (nSPS) is 16.4. The number of aromatic nitrogens is 3. The maximum atomic E-state index is 12.6. The molecule has 0 aliphatic carbocycles. The van der Waals surface area contributed by atoms with Crippen LogP contribution < -0.4 is 0 Å². The van der Waals surface area contributed by atoms with Crippen LogP contribution >= 0.6 is 22.7 Å². The first-order valence-corrected chi connectivity index (χ1v) is 11.5. The summed E-state index contributed by atoms with van der Waals surface area (Å²) in [5.74, 6) is 1.16. The molecule has 4 aromatic heterocycles. The van der Waals surface area contributed by atoms with Crippen molar-refractivity contribution in [3.63, 3.8) is 0 Å². The highest BCUT2D eigenvalue weighted by Gasteiger charge is 2.33. The quantitative estimate of drug-likeness (QED) is 0.509. The van der Waals surface area contributed by atoms with Crippen molar-refractivity contribution in [3.8, 4) is 5.88 Å². The predicted molar refractivity (Wildman–Crippen MR) is 114 cm³/mol. The molecule has 8 nitrogen and oxygen atoms in total. The lowest BCUT2D eigenvalue weighted by atomic mass is 10.1. The van der Waals surface area contributed by atoms with E-state index in [0.717, 1.165) is 22.0 Å². The lowest BCUT2D eigenvalue weighted by Gasteiger charge is -2.38. The first kappa shape index (κ1) is 19.3. The van der Waals surface area contributed by atoms with E-state index in [9.17, 15) is 9.90 Å². The van der Waals surface area contributed by atoms with Gasteiger partial charge < -0.3 is 14.4 Å². The topological polar surface area (TPSA) is 87.1 Å². The van der Waals surface area contributed by atoms with Crippen molar-refractivity contribution in [2.45, 2.75) is 19.4 Å². The Hall–Kier alpha value is -2.69. The molecule has 10 heteroatoms. The van der Waals surface area contributed by atoms with Gasteiger partial charge in [-0.15, -0.1) is 16.4 Å². The third kappa shape index (κ3) is 3.30. The van der Waals surface area contributed by atoms with Crippen LogP contribution in [0.15, 0.2) is 40.3 Å². The van der Waals surface area contributed by atoms with Crippen molar-refractivity contribution in [2.75, 3.05) is 26.2 Å². The van der Waals surface area contributed by atoms with Gasteiger partial charge in [-0.2, -0.15) is 4.52 Å². The van der Waals surface area contributed by atoms with Gasteiger partial charge >= 0.3 is 0 Å². The number of amides is 1. The zero-order valence-corrected chi connectivity index (χ0v) is 18.0. The summed E-state index contributed by atoms with van der Waals surface area (Å²) in [6, 6.07) is 7.43. The Labute approximate surface area is 181 Å². The van der Waals surface area contributed by atoms with Crippen LogP contribution in [-0.4, -0.2) is 61.6 Å². The van der Waals surface area contributed by atoms with Gasteiger partial charge in [0, 0.05) is 37.5 Å². The van der Waals surface area contributed by atoms with Gasteiger partial charge in [-0.25, -0.2) is 4.98 Å². The molecule has 0 spiro atoms. The van der Waals surface area contributed by atoms with Gasteiger partial charge in [0.1, 0.15) is 0 Å². The lowest BCUT2D eigenvalue weighted by Crippen LogP contribution is -2.49. The third-order valence-corrected chi connectivity index (χ3v) is 7.32. The number of carbonyl (C=O) groups is 1. The van der Waals surface area contributed by atoms with Gasteiger partial charge in [-0.1, -0.05) is 24.3 Å². The molecule has 156 valence electrons. The molecular formula is C20H21N5O3S2. The highest BCUT2D eigenvalue weighted by atomic mass is 32.1. The van der Waals surface area contributed by atoms with E-state index < -0.39 is 0 Å². The third-order valence-electron chi connectivity index (χ3n) is 5.32. The Morgan fingerprint density at radius 2 is 2.10 bits per heavy atom. The Morgan fingerprint density at radius 3 is 2.73 bits per heavy atom. The SMILES string of the molecule is CCc1nc2sc([C@H](c3cccs3)N3CCN(C(=O)c4ccco4)CC3)c(O)n2n1. The number of piperazine rings is 1. The van der Waals surface area contributed by atoms with Crippen LogP contribution in [0.4, 0.5) is 0 Å². The summed E-state index contributed by atoms with van der Waals surface area (Å²) >= 11 is 3.14. The predicted octanol–water partition coefficient (Wildman–Crippen LogP) is 3.26. The van der Waals surface area contributed by atoms with Crippen molar-refractivity contribution in [3.05, 3.63) is 57.2 Å². The first-order chi connectivity index (χ1) is 14.7. The van der Waals surface area contributed by atoms with Gasteiger partial charge in [-0.3, -0.25) is 9.69 Å². The van der Waals surface area contributed by atoms with Crippen LogP contribution in [0.5, 0.6) is 5.88 Å². The number of fused-ring (bicyclic) bond motifs is 1. The molecule has 0 unspecified atom stereocenters. The summed E-state index contributed by atoms with van der Waals surface area (Å²) < 4.78 is 6.80. The highest BCUT2D eigenvalue weighted by molar-refractivity contribution is 7.17. The summed E-state index contributed by atoms with van der Waals surface area (Å²) in [4.78, 5) is 23.9. The van der Waals surface area contributed by atoms with Crippen LogP contribution in [0, 0.1) is 0 Å². The molecule has 1 amide bonds. The Bertz CT molecular complexity index is 1140. The molecule has 1 aliphatic rings. The van der Waals surface area contributed by atoms with E-state index in [1.165, 1.54) is 22.1 Å². The van der Waals surface area contributed by atoms with Crippen molar-refractivity contribution in [2.24, 2.45) is 0 Å². The standard InChI is InChI=1S/C20H21N5O3S2/c1-2-15-21-20-25(22-15)19(27)17(30-20)16(14-6-4-12-29-14)23-7-9-24(10-8-23)18(26)13-5-3-11-28-13/h3-6,11-12,16,27H,2,7-10H2,1H3/t16-/m0/s1. The number of aryl methyl sites for hydroxylation is 1. The second-order valence-corrected chi connectivity index (χ2v) is 9.08. The second kappa shape index (κ2) is 7.86. The molecule has 0 aromatic carbocycles. The number of carbonyl (C=O) groups excluding carboxylic acids is 1. The zero-order chi connectivity index (χ0) is 20.7. The van der Waals surface area contributed by atoms with Gasteiger partial charge in [0.2, 0.25) is 10.8 Å². The van der Waals surface area contributed by atoms with Gasteiger partial charge in [-0.05, 0) is 23.6 Å². The summed E-state index contributed by atoms with van der Waals surface area (Å²) in [5, 5.41) is 17.4. The van der Waals surface area contributed by atoms with Crippen LogP contribution in [0.2, 0.25) is 0 Å². The molecule has 1 atom stereocenters. The molecule has 1 N–H and O–H groups in total. The molecule has 5 heterocycles. The van der Waals surface area contributed by atoms with E-state index in [1.807, 2.05) is 23.3 Å². The van der Waals surface area contributed by atoms with Crippen LogP contribution in [0.25, 0.3) is 4.96 Å². The Morgan fingerprint density at radius 1 is 1.27 bits per heavy atom. The highest BCUT2D eigenvalue weighted by Crippen LogP contribution is 2.41. The monoisotopic (exact) mass is 443 g/mol. The molecule has 1 fully saturated rings. The number of nitrogens with zero attached hydrogens (tertiary/aromatic N) is 5. The summed E-state index contributed by atoms with van der Waals surface area (Å²) in [6.07, 6.45) is 2.24. The van der Waals surface area contributed by atoms with Gasteiger partial charge in [0.05, 0.1) is 17.2 Å². The fraction of sp³-hybridized carbons (Fsp3) is 0.350. The molecule has 4 aromatic rings. The van der Waals surface area contributed by atoms with Crippen molar-refractivity contribution in [1.29, 1.82) is 0 Å². The summed E-state index contributed by atoms with van der Waals surface area (Å²) in [7, 11) is 0. The van der Waals surface area contributed by atoms with E-state index >= 15 is 0 Å². The zero-order valence-electron chi connectivity index (χ0n) is 16.4. The molecule has 30 heavy (non-hydrogen) atoms. The summed E-state index contributed by atoms with van der Waals surface area (Å²) in [6.45, 7) is 4.59. The number of hydrogen-bond acceptors (Lipinski definition) is 8. The smallest absolute Gasteiger partial charge is 0.289 e. The number of hydrogen-bond donors (Lipinski definition) is 1. The van der Waals surface area contributed by atoms with Gasteiger partial charge in [0.25, 0.3) is 5.91 Å². The molecule has 5 rings (SSSR count). The minimum atomic E-state index is -0.0931. The number of rotatable bonds is 5. The van der Waals surface area contributed by atoms with E-state index in [2.05, 4.69) is 21.0 Å². The van der Waals surface area contributed by atoms with Crippen LogP contribution in [-0.2, 0) is 6.42 Å². The maximum Gasteiger partial charge on any atom is 0.289 e. The fourth-order valence-electron chi connectivity index (χ4n) is 3.78. The Kier molecular flexibility index (Phi) is 5.05. The fourth-order valence-corrected chi connectivity index (χ4v) is 5.85. The van der Waals surface area contributed by atoms with Crippen LogP contribution in [0.1, 0.15) is 39.1 Å². The van der Waals surface area contributed by atoms with E-state index in [4.69, 9.17) is 4.42 Å². The average molecular weight is 444 g/mol. The molecule has 0 radical (unpaired) electrons. The lowest BCUT2D eigenvalue weighted by molar-refractivity contribution is 0.0570.